The van der Waals surface area contributed by atoms with Crippen molar-refractivity contribution < 1.29 is 23.9 Å². The van der Waals surface area contributed by atoms with Crippen LogP contribution in [0.4, 0.5) is 4.79 Å². The molecular formula is C29H34N4O5. The lowest BCUT2D eigenvalue weighted by Crippen LogP contribution is -2.54. The number of rotatable bonds is 6. The maximum Gasteiger partial charge on any atom is 0.409 e. The van der Waals surface area contributed by atoms with Crippen LogP contribution < -0.4 is 0 Å². The molecule has 1 aromatic heterocycles. The number of piperazine rings is 1. The van der Waals surface area contributed by atoms with E-state index >= 15 is 0 Å². The van der Waals surface area contributed by atoms with E-state index in [-0.39, 0.29) is 17.9 Å². The van der Waals surface area contributed by atoms with Gasteiger partial charge < -0.3 is 28.7 Å². The first-order valence-corrected chi connectivity index (χ1v) is 13.1. The Balaban J connectivity index is 1.58. The highest BCUT2D eigenvalue weighted by Crippen LogP contribution is 2.46. The van der Waals surface area contributed by atoms with Crippen molar-refractivity contribution in [2.45, 2.75) is 18.9 Å². The lowest BCUT2D eigenvalue weighted by atomic mass is 9.78. The molecule has 5 rings (SSSR count). The van der Waals surface area contributed by atoms with E-state index in [1.54, 1.807) is 29.9 Å². The predicted molar refractivity (Wildman–Crippen MR) is 143 cm³/mol. The van der Waals surface area contributed by atoms with Crippen molar-refractivity contribution >= 4 is 28.8 Å². The number of aromatic nitrogens is 1. The van der Waals surface area contributed by atoms with Crippen molar-refractivity contribution in [2.24, 2.45) is 7.05 Å². The van der Waals surface area contributed by atoms with Crippen LogP contribution in [-0.2, 0) is 21.3 Å². The van der Waals surface area contributed by atoms with Crippen LogP contribution >= 0.6 is 0 Å². The van der Waals surface area contributed by atoms with Gasteiger partial charge >= 0.3 is 6.09 Å². The summed E-state index contributed by atoms with van der Waals surface area (Å²) in [6.07, 6.45) is 1.68. The number of methoxy groups -OCH3 is 1. The molecule has 2 aliphatic rings. The van der Waals surface area contributed by atoms with Gasteiger partial charge in [-0.15, -0.1) is 0 Å². The van der Waals surface area contributed by atoms with Crippen LogP contribution in [0.15, 0.2) is 54.7 Å². The fraction of sp³-hybridized carbons (Fsp3) is 0.414. The second-order valence-electron chi connectivity index (χ2n) is 9.72. The Kier molecular flexibility index (Phi) is 7.37. The number of nitrogens with zero attached hydrogens (tertiary/aromatic N) is 4. The fourth-order valence-electron chi connectivity index (χ4n) is 5.77. The maximum atomic E-state index is 14.4. The smallest absolute Gasteiger partial charge is 0.409 e. The van der Waals surface area contributed by atoms with Crippen molar-refractivity contribution in [3.05, 3.63) is 71.4 Å². The van der Waals surface area contributed by atoms with Gasteiger partial charge in [0.1, 0.15) is 0 Å². The van der Waals surface area contributed by atoms with Crippen LogP contribution in [0.5, 0.6) is 0 Å². The molecule has 3 heterocycles. The number of hydrogen-bond donors (Lipinski definition) is 0. The second-order valence-corrected chi connectivity index (χ2v) is 9.72. The minimum atomic E-state index is -0.597. The van der Waals surface area contributed by atoms with E-state index in [2.05, 4.69) is 0 Å². The molecule has 0 bridgehead atoms. The highest BCUT2D eigenvalue weighted by molar-refractivity contribution is 6.02. The summed E-state index contributed by atoms with van der Waals surface area (Å²) in [5, 5.41) is 1.01. The van der Waals surface area contributed by atoms with E-state index in [9.17, 15) is 14.4 Å². The summed E-state index contributed by atoms with van der Waals surface area (Å²) in [6.45, 7) is 4.44. The van der Waals surface area contributed by atoms with Gasteiger partial charge in [-0.3, -0.25) is 9.59 Å². The Bertz CT molecular complexity index is 1340. The SMILES string of the molecule is CCOC(=O)N1CCN(C(=O)C2c3ccccc3C(=O)N(CCOC)C2c2cn(C)c3ccccc23)CC1. The van der Waals surface area contributed by atoms with Crippen LogP contribution in [0.2, 0.25) is 0 Å². The van der Waals surface area contributed by atoms with Gasteiger partial charge in [0.25, 0.3) is 5.91 Å². The summed E-state index contributed by atoms with van der Waals surface area (Å²) in [5.74, 6) is -0.749. The summed E-state index contributed by atoms with van der Waals surface area (Å²) in [6, 6.07) is 15.0. The highest BCUT2D eigenvalue weighted by Gasteiger charge is 2.46. The van der Waals surface area contributed by atoms with E-state index in [0.29, 0.717) is 51.5 Å². The molecule has 9 heteroatoms. The first kappa shape index (κ1) is 25.8. The van der Waals surface area contributed by atoms with E-state index in [4.69, 9.17) is 9.47 Å². The number of hydrogen-bond acceptors (Lipinski definition) is 5. The van der Waals surface area contributed by atoms with E-state index in [0.717, 1.165) is 22.0 Å². The molecule has 0 radical (unpaired) electrons. The molecule has 3 amide bonds. The standard InChI is InChI=1S/C29H34N4O5/c1-4-38-29(36)32-15-13-31(14-16-32)28(35)25-21-10-5-6-11-22(21)27(34)33(17-18-37-3)26(25)23-19-30(2)24-12-8-7-9-20(23)24/h5-12,19,25-26H,4,13-18H2,1-3H3. The zero-order chi connectivity index (χ0) is 26.8. The zero-order valence-corrected chi connectivity index (χ0v) is 22.1. The lowest BCUT2D eigenvalue weighted by Gasteiger charge is -2.44. The quantitative estimate of drug-likeness (QED) is 0.500. The van der Waals surface area contributed by atoms with Crippen LogP contribution in [0, 0.1) is 0 Å². The molecule has 2 unspecified atom stereocenters. The third-order valence-electron chi connectivity index (χ3n) is 7.60. The van der Waals surface area contributed by atoms with Crippen LogP contribution in [0.3, 0.4) is 0 Å². The van der Waals surface area contributed by atoms with Gasteiger partial charge in [-0.05, 0) is 24.6 Å². The molecule has 38 heavy (non-hydrogen) atoms. The molecule has 200 valence electrons. The van der Waals surface area contributed by atoms with E-state index in [1.807, 2.05) is 65.2 Å². The molecule has 1 saturated heterocycles. The predicted octanol–water partition coefficient (Wildman–Crippen LogP) is 3.41. The van der Waals surface area contributed by atoms with Crippen molar-refractivity contribution in [1.29, 1.82) is 0 Å². The molecule has 2 atom stereocenters. The summed E-state index contributed by atoms with van der Waals surface area (Å²) < 4.78 is 12.6. The Morgan fingerprint density at radius 1 is 0.947 bits per heavy atom. The van der Waals surface area contributed by atoms with Crippen molar-refractivity contribution in [3.8, 4) is 0 Å². The van der Waals surface area contributed by atoms with Gasteiger partial charge in [-0.25, -0.2) is 4.79 Å². The largest absolute Gasteiger partial charge is 0.450 e. The van der Waals surface area contributed by atoms with Gasteiger partial charge in [0.05, 0.1) is 25.2 Å². The van der Waals surface area contributed by atoms with Gasteiger partial charge in [0, 0.05) is 75.1 Å². The summed E-state index contributed by atoms with van der Waals surface area (Å²) in [5.41, 5.74) is 3.26. The first-order valence-electron chi connectivity index (χ1n) is 13.1. The normalized spacial score (nSPS) is 19.6. The molecule has 0 saturated carbocycles. The molecule has 9 nitrogen and oxygen atoms in total. The summed E-state index contributed by atoms with van der Waals surface area (Å²) in [7, 11) is 3.59. The number of ether oxygens (including phenoxy) is 2. The van der Waals surface area contributed by atoms with Gasteiger partial charge in [0.15, 0.2) is 0 Å². The topological polar surface area (TPSA) is 84.3 Å². The van der Waals surface area contributed by atoms with Crippen molar-refractivity contribution in [2.75, 3.05) is 53.0 Å². The van der Waals surface area contributed by atoms with Crippen molar-refractivity contribution in [3.63, 3.8) is 0 Å². The zero-order valence-electron chi connectivity index (χ0n) is 22.1. The van der Waals surface area contributed by atoms with Gasteiger partial charge in [0.2, 0.25) is 5.91 Å². The number of para-hydroxylation sites is 1. The Labute approximate surface area is 222 Å². The third-order valence-corrected chi connectivity index (χ3v) is 7.60. The average Bonchev–Trinajstić information content (AvgIpc) is 3.28. The molecule has 3 aromatic rings. The van der Waals surface area contributed by atoms with Crippen molar-refractivity contribution in [1.82, 2.24) is 19.3 Å². The fourth-order valence-corrected chi connectivity index (χ4v) is 5.77. The highest BCUT2D eigenvalue weighted by atomic mass is 16.6. The van der Waals surface area contributed by atoms with E-state index < -0.39 is 12.0 Å². The number of benzene rings is 2. The van der Waals surface area contributed by atoms with E-state index in [1.165, 1.54) is 0 Å². The number of carbonyl (C=O) groups excluding carboxylic acids is 3. The van der Waals surface area contributed by atoms with Gasteiger partial charge in [-0.1, -0.05) is 36.4 Å². The lowest BCUT2D eigenvalue weighted by molar-refractivity contribution is -0.136. The number of aryl methyl sites for hydroxylation is 1. The molecule has 2 aliphatic heterocycles. The average molecular weight is 519 g/mol. The van der Waals surface area contributed by atoms with Gasteiger partial charge in [-0.2, -0.15) is 0 Å². The Morgan fingerprint density at radius 3 is 2.37 bits per heavy atom. The molecule has 0 N–H and O–H groups in total. The van der Waals surface area contributed by atoms with Crippen LogP contribution in [-0.4, -0.2) is 90.2 Å². The molecule has 0 aliphatic carbocycles. The minimum absolute atomic E-state index is 0.0474. The van der Waals surface area contributed by atoms with Crippen LogP contribution in [0.1, 0.15) is 40.4 Å². The molecule has 1 fully saturated rings. The number of amides is 3. The van der Waals surface area contributed by atoms with Crippen LogP contribution in [0.25, 0.3) is 10.9 Å². The third kappa shape index (κ3) is 4.51. The summed E-state index contributed by atoms with van der Waals surface area (Å²) in [4.78, 5) is 45.7. The Morgan fingerprint density at radius 2 is 1.63 bits per heavy atom. The monoisotopic (exact) mass is 518 g/mol. The maximum absolute atomic E-state index is 14.4. The molecule has 0 spiro atoms. The minimum Gasteiger partial charge on any atom is -0.450 e. The first-order chi connectivity index (χ1) is 18.5. The number of fused-ring (bicyclic) bond motifs is 2. The molecular weight excluding hydrogens is 484 g/mol. The molecule has 2 aromatic carbocycles. The summed E-state index contributed by atoms with van der Waals surface area (Å²) >= 11 is 0. The number of carbonyl (C=O) groups is 3. The second kappa shape index (κ2) is 10.9. The Hall–Kier alpha value is -3.85.